The Bertz CT molecular complexity index is 549. The standard InChI is InChI=1S/C14H17Cl2N3S/c1-9(2)17-5-3-4-13-18-19-14(20-13)10-6-11(15)8-12(16)7-10/h6-9,17H,3-5H2,1-2H3. The molecule has 1 heterocycles. The van der Waals surface area contributed by atoms with Crippen molar-refractivity contribution >= 4 is 34.5 Å². The number of hydrogen-bond acceptors (Lipinski definition) is 4. The number of nitrogens with zero attached hydrogens (tertiary/aromatic N) is 2. The molecule has 0 amide bonds. The van der Waals surface area contributed by atoms with Crippen LogP contribution in [0.25, 0.3) is 10.6 Å². The van der Waals surface area contributed by atoms with E-state index in [1.165, 1.54) is 0 Å². The summed E-state index contributed by atoms with van der Waals surface area (Å²) in [6, 6.07) is 5.95. The highest BCUT2D eigenvalue weighted by Gasteiger charge is 2.08. The van der Waals surface area contributed by atoms with Crippen LogP contribution >= 0.6 is 34.5 Å². The SMILES string of the molecule is CC(C)NCCCc1nnc(-c2cc(Cl)cc(Cl)c2)s1. The van der Waals surface area contributed by atoms with Gasteiger partial charge in [-0.05, 0) is 31.2 Å². The van der Waals surface area contributed by atoms with Crippen LogP contribution in [-0.4, -0.2) is 22.8 Å². The molecule has 0 radical (unpaired) electrons. The van der Waals surface area contributed by atoms with Gasteiger partial charge in [0.1, 0.15) is 10.0 Å². The predicted octanol–water partition coefficient (Wildman–Crippen LogP) is 4.44. The van der Waals surface area contributed by atoms with Gasteiger partial charge in [-0.1, -0.05) is 48.4 Å². The van der Waals surface area contributed by atoms with E-state index in [9.17, 15) is 0 Å². The Morgan fingerprint density at radius 3 is 2.50 bits per heavy atom. The maximum atomic E-state index is 6.00. The minimum Gasteiger partial charge on any atom is -0.315 e. The van der Waals surface area contributed by atoms with E-state index in [2.05, 4.69) is 29.4 Å². The second-order valence-corrected chi connectivity index (χ2v) is 6.81. The van der Waals surface area contributed by atoms with Gasteiger partial charge in [-0.25, -0.2) is 0 Å². The fourth-order valence-electron chi connectivity index (χ4n) is 1.78. The van der Waals surface area contributed by atoms with E-state index in [1.54, 1.807) is 17.4 Å². The monoisotopic (exact) mass is 329 g/mol. The molecule has 0 unspecified atom stereocenters. The van der Waals surface area contributed by atoms with Crippen LogP contribution in [0.4, 0.5) is 0 Å². The molecule has 0 saturated carbocycles. The van der Waals surface area contributed by atoms with Gasteiger partial charge < -0.3 is 5.32 Å². The third kappa shape index (κ3) is 4.70. The predicted molar refractivity (Wildman–Crippen MR) is 86.8 cm³/mol. The van der Waals surface area contributed by atoms with Crippen molar-refractivity contribution in [2.24, 2.45) is 0 Å². The fourth-order valence-corrected chi connectivity index (χ4v) is 3.17. The number of hydrogen-bond donors (Lipinski definition) is 1. The summed E-state index contributed by atoms with van der Waals surface area (Å²) in [6.07, 6.45) is 1.99. The number of rotatable bonds is 6. The lowest BCUT2D eigenvalue weighted by molar-refractivity contribution is 0.569. The van der Waals surface area contributed by atoms with Crippen molar-refractivity contribution in [3.63, 3.8) is 0 Å². The molecule has 0 saturated heterocycles. The van der Waals surface area contributed by atoms with Crippen molar-refractivity contribution in [2.75, 3.05) is 6.54 Å². The molecule has 0 bridgehead atoms. The number of aryl methyl sites for hydroxylation is 1. The lowest BCUT2D eigenvalue weighted by Crippen LogP contribution is -2.23. The molecule has 0 aliphatic rings. The molecule has 0 aliphatic carbocycles. The molecule has 0 spiro atoms. The lowest BCUT2D eigenvalue weighted by Gasteiger charge is -2.05. The summed E-state index contributed by atoms with van der Waals surface area (Å²) in [7, 11) is 0. The summed E-state index contributed by atoms with van der Waals surface area (Å²) in [5.41, 5.74) is 0.923. The number of benzene rings is 1. The Balaban J connectivity index is 1.98. The molecule has 1 aromatic heterocycles. The van der Waals surface area contributed by atoms with Crippen LogP contribution in [0.5, 0.6) is 0 Å². The Morgan fingerprint density at radius 2 is 1.85 bits per heavy atom. The number of nitrogens with one attached hydrogen (secondary N) is 1. The van der Waals surface area contributed by atoms with Crippen LogP contribution in [-0.2, 0) is 6.42 Å². The number of aromatic nitrogens is 2. The van der Waals surface area contributed by atoms with Crippen LogP contribution in [0, 0.1) is 0 Å². The van der Waals surface area contributed by atoms with E-state index in [4.69, 9.17) is 23.2 Å². The summed E-state index contributed by atoms with van der Waals surface area (Å²) < 4.78 is 0. The van der Waals surface area contributed by atoms with Crippen molar-refractivity contribution in [1.29, 1.82) is 0 Å². The molecular weight excluding hydrogens is 313 g/mol. The van der Waals surface area contributed by atoms with Gasteiger partial charge in [0.05, 0.1) is 0 Å². The summed E-state index contributed by atoms with van der Waals surface area (Å²) >= 11 is 13.6. The van der Waals surface area contributed by atoms with Crippen LogP contribution in [0.1, 0.15) is 25.3 Å². The maximum Gasteiger partial charge on any atom is 0.147 e. The molecule has 3 nitrogen and oxygen atoms in total. The van der Waals surface area contributed by atoms with Gasteiger partial charge in [0.25, 0.3) is 0 Å². The van der Waals surface area contributed by atoms with E-state index in [0.29, 0.717) is 16.1 Å². The van der Waals surface area contributed by atoms with Crippen molar-refractivity contribution in [2.45, 2.75) is 32.7 Å². The topological polar surface area (TPSA) is 37.8 Å². The summed E-state index contributed by atoms with van der Waals surface area (Å²) in [5.74, 6) is 0. The van der Waals surface area contributed by atoms with Crippen LogP contribution in [0.15, 0.2) is 18.2 Å². The lowest BCUT2D eigenvalue weighted by atomic mass is 10.2. The largest absolute Gasteiger partial charge is 0.315 e. The van der Waals surface area contributed by atoms with Crippen molar-refractivity contribution in [3.05, 3.63) is 33.3 Å². The first-order valence-corrected chi connectivity index (χ1v) is 8.14. The summed E-state index contributed by atoms with van der Waals surface area (Å²) in [4.78, 5) is 0. The van der Waals surface area contributed by atoms with Crippen molar-refractivity contribution < 1.29 is 0 Å². The normalized spacial score (nSPS) is 11.2. The molecule has 20 heavy (non-hydrogen) atoms. The molecule has 2 rings (SSSR count). The van der Waals surface area contributed by atoms with Gasteiger partial charge in [-0.15, -0.1) is 10.2 Å². The first-order valence-electron chi connectivity index (χ1n) is 6.57. The third-order valence-electron chi connectivity index (χ3n) is 2.70. The van der Waals surface area contributed by atoms with Crippen molar-refractivity contribution in [3.8, 4) is 10.6 Å². The highest BCUT2D eigenvalue weighted by molar-refractivity contribution is 7.14. The zero-order chi connectivity index (χ0) is 14.5. The highest BCUT2D eigenvalue weighted by Crippen LogP contribution is 2.29. The van der Waals surface area contributed by atoms with Crippen LogP contribution < -0.4 is 5.32 Å². The van der Waals surface area contributed by atoms with Crippen LogP contribution in [0.2, 0.25) is 10.0 Å². The fraction of sp³-hybridized carbons (Fsp3) is 0.429. The smallest absolute Gasteiger partial charge is 0.147 e. The Labute approximate surface area is 133 Å². The molecule has 0 fully saturated rings. The Kier molecular flexibility index (Phi) is 5.78. The molecule has 0 atom stereocenters. The average molecular weight is 330 g/mol. The van der Waals surface area contributed by atoms with Gasteiger partial charge in [0, 0.05) is 28.1 Å². The molecule has 2 aromatic rings. The van der Waals surface area contributed by atoms with E-state index in [-0.39, 0.29) is 0 Å². The van der Waals surface area contributed by atoms with Crippen LogP contribution in [0.3, 0.4) is 0 Å². The second kappa shape index (κ2) is 7.36. The average Bonchev–Trinajstić information content (AvgIpc) is 2.82. The zero-order valence-electron chi connectivity index (χ0n) is 11.5. The Morgan fingerprint density at radius 1 is 1.15 bits per heavy atom. The van der Waals surface area contributed by atoms with Gasteiger partial charge in [0.2, 0.25) is 0 Å². The van der Waals surface area contributed by atoms with Gasteiger partial charge in [-0.3, -0.25) is 0 Å². The highest BCUT2D eigenvalue weighted by atomic mass is 35.5. The first-order chi connectivity index (χ1) is 9.54. The number of halogens is 2. The first kappa shape index (κ1) is 15.7. The molecular formula is C14H17Cl2N3S. The quantitative estimate of drug-likeness (QED) is 0.796. The van der Waals surface area contributed by atoms with E-state index >= 15 is 0 Å². The zero-order valence-corrected chi connectivity index (χ0v) is 13.8. The summed E-state index contributed by atoms with van der Waals surface area (Å²) in [6.45, 7) is 5.29. The van der Waals surface area contributed by atoms with Gasteiger partial charge in [0.15, 0.2) is 0 Å². The maximum absolute atomic E-state index is 6.00. The van der Waals surface area contributed by atoms with E-state index in [1.807, 2.05) is 12.1 Å². The minimum absolute atomic E-state index is 0.522. The van der Waals surface area contributed by atoms with Gasteiger partial charge in [-0.2, -0.15) is 0 Å². The van der Waals surface area contributed by atoms with E-state index < -0.39 is 0 Å². The molecule has 1 N–H and O–H groups in total. The van der Waals surface area contributed by atoms with Crippen molar-refractivity contribution in [1.82, 2.24) is 15.5 Å². The molecule has 0 aliphatic heterocycles. The molecule has 108 valence electrons. The van der Waals surface area contributed by atoms with E-state index in [0.717, 1.165) is 35.0 Å². The molecule has 1 aromatic carbocycles. The minimum atomic E-state index is 0.522. The van der Waals surface area contributed by atoms with Gasteiger partial charge >= 0.3 is 0 Å². The Hall–Kier alpha value is -0.680. The molecule has 6 heteroatoms. The third-order valence-corrected chi connectivity index (χ3v) is 4.16. The summed E-state index contributed by atoms with van der Waals surface area (Å²) in [5, 5.41) is 15.0. The second-order valence-electron chi connectivity index (χ2n) is 4.87.